The Balaban J connectivity index is 2.17. The third-order valence-electron chi connectivity index (χ3n) is 4.89. The number of nitrogens with zero attached hydrogens (tertiary/aromatic N) is 1. The maximum Gasteiger partial charge on any atom is 0.261 e. The van der Waals surface area contributed by atoms with E-state index in [2.05, 4.69) is 5.32 Å². The number of hydrogen-bond acceptors (Lipinski definition) is 3. The Bertz CT molecular complexity index is 871. The summed E-state index contributed by atoms with van der Waals surface area (Å²) in [5, 5.41) is 3.76. The van der Waals surface area contributed by atoms with E-state index in [1.165, 1.54) is 4.90 Å². The summed E-state index contributed by atoms with van der Waals surface area (Å²) in [6.07, 6.45) is 0.801. The molecule has 2 aromatic rings. The first-order chi connectivity index (χ1) is 14.2. The van der Waals surface area contributed by atoms with Crippen molar-refractivity contribution in [2.45, 2.75) is 52.7 Å². The van der Waals surface area contributed by atoms with Gasteiger partial charge in [-0.15, -0.1) is 0 Å². The number of ether oxygens (including phenoxy) is 1. The zero-order valence-electron chi connectivity index (χ0n) is 17.7. The van der Waals surface area contributed by atoms with Crippen molar-refractivity contribution in [3.8, 4) is 5.75 Å². The fraction of sp³-hybridized carbons (Fsp3) is 0.391. The summed E-state index contributed by atoms with van der Waals surface area (Å²) in [5.41, 5.74) is 1.88. The molecule has 2 rings (SSSR count). The first-order valence-electron chi connectivity index (χ1n) is 9.94. The van der Waals surface area contributed by atoms with E-state index in [0.29, 0.717) is 15.8 Å². The number of amides is 2. The number of benzene rings is 2. The van der Waals surface area contributed by atoms with Gasteiger partial charge < -0.3 is 15.0 Å². The molecule has 0 saturated carbocycles. The Morgan fingerprint density at radius 1 is 1.07 bits per heavy atom. The standard InChI is InChI=1S/C23H28Cl2N2O3/c1-5-16(3)26-23(29)17(4)27(13-18-8-11-20(24)21(25)12-18)22(28)14-30-19-9-6-15(2)7-10-19/h6-12,16-17H,5,13-14H2,1-4H3,(H,26,29). The van der Waals surface area contributed by atoms with Crippen molar-refractivity contribution in [1.82, 2.24) is 10.2 Å². The minimum absolute atomic E-state index is 0.0192. The van der Waals surface area contributed by atoms with Crippen LogP contribution in [0.15, 0.2) is 42.5 Å². The van der Waals surface area contributed by atoms with Crippen LogP contribution in [0.5, 0.6) is 5.75 Å². The van der Waals surface area contributed by atoms with Gasteiger partial charge in [-0.05, 0) is 57.0 Å². The summed E-state index contributed by atoms with van der Waals surface area (Å²) in [6.45, 7) is 7.64. The van der Waals surface area contributed by atoms with Crippen molar-refractivity contribution in [3.63, 3.8) is 0 Å². The predicted octanol–water partition coefficient (Wildman–Crippen LogP) is 5.01. The van der Waals surface area contributed by atoms with E-state index in [-0.39, 0.29) is 31.0 Å². The molecular weight excluding hydrogens is 423 g/mol. The third-order valence-corrected chi connectivity index (χ3v) is 5.63. The lowest BCUT2D eigenvalue weighted by atomic mass is 10.1. The van der Waals surface area contributed by atoms with E-state index in [1.807, 2.05) is 45.0 Å². The van der Waals surface area contributed by atoms with Crippen LogP contribution in [0.2, 0.25) is 10.0 Å². The molecule has 2 amide bonds. The molecule has 30 heavy (non-hydrogen) atoms. The van der Waals surface area contributed by atoms with Crippen LogP contribution >= 0.6 is 23.2 Å². The molecule has 2 unspecified atom stereocenters. The lowest BCUT2D eigenvalue weighted by Crippen LogP contribution is -2.50. The molecular formula is C23H28Cl2N2O3. The molecule has 0 fully saturated rings. The molecule has 0 radical (unpaired) electrons. The molecule has 0 heterocycles. The molecule has 1 N–H and O–H groups in total. The largest absolute Gasteiger partial charge is 0.484 e. The Morgan fingerprint density at radius 2 is 1.73 bits per heavy atom. The number of nitrogens with one attached hydrogen (secondary N) is 1. The minimum Gasteiger partial charge on any atom is -0.484 e. The molecule has 2 atom stereocenters. The fourth-order valence-corrected chi connectivity index (χ4v) is 3.07. The van der Waals surface area contributed by atoms with E-state index >= 15 is 0 Å². The first-order valence-corrected chi connectivity index (χ1v) is 10.7. The van der Waals surface area contributed by atoms with E-state index in [0.717, 1.165) is 17.5 Å². The summed E-state index contributed by atoms with van der Waals surface area (Å²) in [4.78, 5) is 27.2. The Hall–Kier alpha value is -2.24. The van der Waals surface area contributed by atoms with Crippen molar-refractivity contribution < 1.29 is 14.3 Å². The van der Waals surface area contributed by atoms with Crippen molar-refractivity contribution in [3.05, 3.63) is 63.6 Å². The second kappa shape index (κ2) is 11.2. The topological polar surface area (TPSA) is 58.6 Å². The normalized spacial score (nSPS) is 12.7. The molecule has 7 heteroatoms. The van der Waals surface area contributed by atoms with Crippen LogP contribution in [0.4, 0.5) is 0 Å². The highest BCUT2D eigenvalue weighted by atomic mass is 35.5. The fourth-order valence-electron chi connectivity index (χ4n) is 2.75. The molecule has 0 aromatic heterocycles. The van der Waals surface area contributed by atoms with E-state index in [9.17, 15) is 9.59 Å². The van der Waals surface area contributed by atoms with Crippen LogP contribution in [-0.2, 0) is 16.1 Å². The van der Waals surface area contributed by atoms with Gasteiger partial charge >= 0.3 is 0 Å². The Kier molecular flexibility index (Phi) is 9.00. The maximum absolute atomic E-state index is 13.0. The smallest absolute Gasteiger partial charge is 0.261 e. The molecule has 162 valence electrons. The zero-order valence-corrected chi connectivity index (χ0v) is 19.3. The molecule has 2 aromatic carbocycles. The lowest BCUT2D eigenvalue weighted by molar-refractivity contribution is -0.142. The molecule has 0 aliphatic carbocycles. The summed E-state index contributed by atoms with van der Waals surface area (Å²) in [6, 6.07) is 11.9. The molecule has 0 saturated heterocycles. The average Bonchev–Trinajstić information content (AvgIpc) is 2.73. The summed E-state index contributed by atoms with van der Waals surface area (Å²) < 4.78 is 5.65. The van der Waals surface area contributed by atoms with Crippen LogP contribution in [0.3, 0.4) is 0 Å². The van der Waals surface area contributed by atoms with Crippen molar-refractivity contribution in [1.29, 1.82) is 0 Å². The first kappa shape index (κ1) is 24.0. The van der Waals surface area contributed by atoms with E-state index in [1.54, 1.807) is 25.1 Å². The quantitative estimate of drug-likeness (QED) is 0.583. The number of carbonyl (C=O) groups is 2. The number of carbonyl (C=O) groups excluding carboxylic acids is 2. The molecule has 0 spiro atoms. The van der Waals surface area contributed by atoms with Crippen LogP contribution in [0.1, 0.15) is 38.3 Å². The van der Waals surface area contributed by atoms with Gasteiger partial charge in [-0.1, -0.05) is 53.9 Å². The second-order valence-corrected chi connectivity index (χ2v) is 8.18. The van der Waals surface area contributed by atoms with Gasteiger partial charge in [-0.25, -0.2) is 0 Å². The molecule has 0 aliphatic heterocycles. The van der Waals surface area contributed by atoms with Gasteiger partial charge in [0.2, 0.25) is 5.91 Å². The van der Waals surface area contributed by atoms with Crippen molar-refractivity contribution >= 4 is 35.0 Å². The molecule has 0 aliphatic rings. The molecule has 0 bridgehead atoms. The number of hydrogen-bond donors (Lipinski definition) is 1. The van der Waals surface area contributed by atoms with Crippen LogP contribution in [0, 0.1) is 6.92 Å². The SMILES string of the molecule is CCC(C)NC(=O)C(C)N(Cc1ccc(Cl)c(Cl)c1)C(=O)COc1ccc(C)cc1. The van der Waals surface area contributed by atoms with Gasteiger partial charge in [0.1, 0.15) is 11.8 Å². The lowest BCUT2D eigenvalue weighted by Gasteiger charge is -2.29. The van der Waals surface area contributed by atoms with Crippen molar-refractivity contribution in [2.75, 3.05) is 6.61 Å². The van der Waals surface area contributed by atoms with Gasteiger partial charge in [0, 0.05) is 12.6 Å². The van der Waals surface area contributed by atoms with Gasteiger partial charge in [0.05, 0.1) is 10.0 Å². The van der Waals surface area contributed by atoms with Gasteiger partial charge in [-0.3, -0.25) is 9.59 Å². The highest BCUT2D eigenvalue weighted by Crippen LogP contribution is 2.24. The van der Waals surface area contributed by atoms with Gasteiger partial charge in [0.25, 0.3) is 5.91 Å². The summed E-state index contributed by atoms with van der Waals surface area (Å²) in [7, 11) is 0. The van der Waals surface area contributed by atoms with Gasteiger partial charge in [0.15, 0.2) is 6.61 Å². The highest BCUT2D eigenvalue weighted by molar-refractivity contribution is 6.42. The zero-order chi connectivity index (χ0) is 22.3. The minimum atomic E-state index is -0.678. The second-order valence-electron chi connectivity index (χ2n) is 7.37. The summed E-state index contributed by atoms with van der Waals surface area (Å²) in [5.74, 6) is 0.0849. The number of halogens is 2. The van der Waals surface area contributed by atoms with Crippen LogP contribution in [-0.4, -0.2) is 35.4 Å². The van der Waals surface area contributed by atoms with Gasteiger partial charge in [-0.2, -0.15) is 0 Å². The van der Waals surface area contributed by atoms with Crippen LogP contribution < -0.4 is 10.1 Å². The summed E-state index contributed by atoms with van der Waals surface area (Å²) >= 11 is 12.1. The monoisotopic (exact) mass is 450 g/mol. The highest BCUT2D eigenvalue weighted by Gasteiger charge is 2.27. The Morgan fingerprint density at radius 3 is 2.33 bits per heavy atom. The molecule has 5 nitrogen and oxygen atoms in total. The van der Waals surface area contributed by atoms with E-state index < -0.39 is 6.04 Å². The van der Waals surface area contributed by atoms with Crippen molar-refractivity contribution in [2.24, 2.45) is 0 Å². The average molecular weight is 451 g/mol. The predicted molar refractivity (Wildman–Crippen MR) is 121 cm³/mol. The maximum atomic E-state index is 13.0. The number of rotatable bonds is 9. The van der Waals surface area contributed by atoms with E-state index in [4.69, 9.17) is 27.9 Å². The van der Waals surface area contributed by atoms with Crippen LogP contribution in [0.25, 0.3) is 0 Å². The third kappa shape index (κ3) is 6.92. The number of aryl methyl sites for hydroxylation is 1. The Labute approximate surface area is 188 Å².